The van der Waals surface area contributed by atoms with Crippen LogP contribution in [0.3, 0.4) is 0 Å². The summed E-state index contributed by atoms with van der Waals surface area (Å²) in [7, 11) is 0. The maximum atomic E-state index is 15.6. The molecule has 14 heteroatoms. The Labute approximate surface area is 234 Å². The second-order valence-corrected chi connectivity index (χ2v) is 10.7. The van der Waals surface area contributed by atoms with E-state index in [4.69, 9.17) is 14.2 Å². The van der Waals surface area contributed by atoms with Crippen molar-refractivity contribution in [1.29, 1.82) is 0 Å². The fourth-order valence-electron chi connectivity index (χ4n) is 4.34. The number of cyclic esters (lactones) is 1. The van der Waals surface area contributed by atoms with Gasteiger partial charge in [-0.05, 0) is 44.4 Å². The molecule has 1 saturated heterocycles. The quantitative estimate of drug-likeness (QED) is 0.358. The highest BCUT2D eigenvalue weighted by Crippen LogP contribution is 2.35. The van der Waals surface area contributed by atoms with Crippen molar-refractivity contribution in [3.05, 3.63) is 47.4 Å². The highest BCUT2D eigenvalue weighted by Gasteiger charge is 2.41. The zero-order valence-corrected chi connectivity index (χ0v) is 23.4. The molecule has 0 spiro atoms. The van der Waals surface area contributed by atoms with Crippen LogP contribution in [0.15, 0.2) is 30.5 Å². The van der Waals surface area contributed by atoms with E-state index in [2.05, 4.69) is 8.75 Å². The maximum absolute atomic E-state index is 15.6. The number of hydrogen-bond acceptors (Lipinski definition) is 10. The van der Waals surface area contributed by atoms with Crippen LogP contribution in [0.1, 0.15) is 51.4 Å². The fraction of sp³-hybridized carbons (Fsp3) is 0.462. The molecule has 1 atom stereocenters. The largest absolute Gasteiger partial charge is 0.456 e. The van der Waals surface area contributed by atoms with Crippen molar-refractivity contribution in [1.82, 2.24) is 18.5 Å². The molecule has 2 aromatic rings. The molecule has 3 heterocycles. The number of anilines is 1. The molecular formula is C26H30FN5O7S. The van der Waals surface area contributed by atoms with Crippen molar-refractivity contribution in [3.8, 4) is 0 Å². The molecule has 40 heavy (non-hydrogen) atoms. The van der Waals surface area contributed by atoms with Crippen molar-refractivity contribution in [2.75, 3.05) is 37.7 Å². The van der Waals surface area contributed by atoms with Crippen LogP contribution < -0.4 is 4.90 Å². The van der Waals surface area contributed by atoms with Crippen LogP contribution in [0.2, 0.25) is 0 Å². The minimum atomic E-state index is -1.12. The van der Waals surface area contributed by atoms with Crippen LogP contribution in [0.5, 0.6) is 0 Å². The monoisotopic (exact) mass is 575 g/mol. The lowest BCUT2D eigenvalue weighted by Gasteiger charge is -2.36. The van der Waals surface area contributed by atoms with Crippen molar-refractivity contribution < 1.29 is 37.8 Å². The molecule has 2 aliphatic rings. The molecular weight excluding hydrogens is 545 g/mol. The van der Waals surface area contributed by atoms with Crippen molar-refractivity contribution in [3.63, 3.8) is 0 Å². The summed E-state index contributed by atoms with van der Waals surface area (Å²) < 4.78 is 39.3. The molecule has 3 amide bonds. The first kappa shape index (κ1) is 28.9. The Bertz CT molecular complexity index is 1310. The van der Waals surface area contributed by atoms with Gasteiger partial charge >= 0.3 is 18.2 Å². The number of benzene rings is 1. The average molecular weight is 576 g/mol. The Kier molecular flexibility index (Phi) is 8.67. The van der Waals surface area contributed by atoms with Gasteiger partial charge in [0.2, 0.25) is 0 Å². The number of aromatic nitrogens is 2. The zero-order valence-electron chi connectivity index (χ0n) is 22.6. The summed E-state index contributed by atoms with van der Waals surface area (Å²) >= 11 is 0.872. The minimum absolute atomic E-state index is 0.104. The number of rotatable bonds is 7. The van der Waals surface area contributed by atoms with Gasteiger partial charge in [0.15, 0.2) is 12.4 Å². The molecule has 0 bridgehead atoms. The highest BCUT2D eigenvalue weighted by atomic mass is 32.1. The van der Waals surface area contributed by atoms with E-state index in [1.165, 1.54) is 33.9 Å². The molecule has 0 aliphatic carbocycles. The van der Waals surface area contributed by atoms with Gasteiger partial charge in [-0.2, -0.15) is 8.75 Å². The second-order valence-electron chi connectivity index (χ2n) is 10.1. The van der Waals surface area contributed by atoms with E-state index in [1.54, 1.807) is 39.0 Å². The van der Waals surface area contributed by atoms with Gasteiger partial charge in [0, 0.05) is 25.6 Å². The average Bonchev–Trinajstić information content (AvgIpc) is 3.56. The number of ether oxygens (including phenoxy) is 3. The first-order chi connectivity index (χ1) is 18.9. The van der Waals surface area contributed by atoms with E-state index < -0.39 is 35.7 Å². The Balaban J connectivity index is 1.64. The minimum Gasteiger partial charge on any atom is -0.456 e. The Hall–Kier alpha value is -4.07. The standard InChI is InChI=1S/C26H30FN5O7S/c1-16(33)38-15-22(34)30-9-7-17(8-10-30)19-6-5-18(13-20(19)27)23(31-11-12-37-24(31)35)32(21-14-28-40-29-21)25(36)39-26(2,3)4/h5-7,13-14,23H,8-12,15H2,1-4H3. The third-order valence-electron chi connectivity index (χ3n) is 6.12. The van der Waals surface area contributed by atoms with Gasteiger partial charge in [-0.1, -0.05) is 18.2 Å². The molecule has 1 unspecified atom stereocenters. The number of carbonyl (C=O) groups is 4. The summed E-state index contributed by atoms with van der Waals surface area (Å²) in [5, 5.41) is 0. The van der Waals surface area contributed by atoms with Crippen LogP contribution in [0.25, 0.3) is 5.57 Å². The number of carbonyl (C=O) groups excluding carboxylic acids is 4. The number of amides is 3. The predicted octanol–water partition coefficient (Wildman–Crippen LogP) is 3.75. The van der Waals surface area contributed by atoms with Gasteiger partial charge in [0.05, 0.1) is 24.5 Å². The van der Waals surface area contributed by atoms with Gasteiger partial charge in [-0.15, -0.1) is 0 Å². The summed E-state index contributed by atoms with van der Waals surface area (Å²) in [6, 6.07) is 4.47. The Morgan fingerprint density at radius 1 is 1.25 bits per heavy atom. The van der Waals surface area contributed by atoms with E-state index in [-0.39, 0.29) is 38.0 Å². The number of hydrogen-bond donors (Lipinski definition) is 0. The summed E-state index contributed by atoms with van der Waals surface area (Å²) in [5.74, 6) is -1.30. The molecule has 1 aromatic carbocycles. The van der Waals surface area contributed by atoms with Gasteiger partial charge in [0.1, 0.15) is 24.2 Å². The second kappa shape index (κ2) is 12.0. The molecule has 0 saturated carbocycles. The van der Waals surface area contributed by atoms with Gasteiger partial charge in [-0.25, -0.2) is 18.9 Å². The molecule has 4 rings (SSSR count). The third-order valence-corrected chi connectivity index (χ3v) is 6.59. The SMILES string of the molecule is CC(=O)OCC(=O)N1CC=C(c2ccc(C(N3CCOC3=O)N(C(=O)OC(C)(C)C)c3cnsn3)cc2F)CC1. The molecule has 12 nitrogen and oxygen atoms in total. The van der Waals surface area contributed by atoms with Gasteiger partial charge in [0.25, 0.3) is 5.91 Å². The lowest BCUT2D eigenvalue weighted by Crippen LogP contribution is -2.47. The molecule has 0 N–H and O–H groups in total. The first-order valence-electron chi connectivity index (χ1n) is 12.6. The van der Waals surface area contributed by atoms with Crippen LogP contribution in [0, 0.1) is 5.82 Å². The summed E-state index contributed by atoms with van der Waals surface area (Å²) in [6.07, 6.45) is 0.930. The van der Waals surface area contributed by atoms with Gasteiger partial charge < -0.3 is 19.1 Å². The lowest BCUT2D eigenvalue weighted by atomic mass is 9.96. The smallest absolute Gasteiger partial charge is 0.418 e. The van der Waals surface area contributed by atoms with E-state index in [0.29, 0.717) is 29.7 Å². The molecule has 214 valence electrons. The van der Waals surface area contributed by atoms with E-state index in [1.807, 2.05) is 0 Å². The summed E-state index contributed by atoms with van der Waals surface area (Å²) in [6.45, 7) is 6.84. The topological polar surface area (TPSA) is 131 Å². The fourth-order valence-corrected chi connectivity index (χ4v) is 4.75. The zero-order chi connectivity index (χ0) is 29.0. The predicted molar refractivity (Wildman–Crippen MR) is 142 cm³/mol. The van der Waals surface area contributed by atoms with Gasteiger partial charge in [-0.3, -0.25) is 14.5 Å². The summed E-state index contributed by atoms with van der Waals surface area (Å²) in [5.41, 5.74) is 0.474. The maximum Gasteiger partial charge on any atom is 0.418 e. The number of nitrogens with zero attached hydrogens (tertiary/aromatic N) is 5. The first-order valence-corrected chi connectivity index (χ1v) is 13.3. The van der Waals surface area contributed by atoms with Crippen LogP contribution in [-0.4, -0.2) is 81.1 Å². The molecule has 1 fully saturated rings. The Morgan fingerprint density at radius 2 is 2.02 bits per heavy atom. The summed E-state index contributed by atoms with van der Waals surface area (Å²) in [4.78, 5) is 53.3. The third kappa shape index (κ3) is 6.73. The van der Waals surface area contributed by atoms with Crippen LogP contribution >= 0.6 is 11.7 Å². The molecule has 1 aromatic heterocycles. The molecule has 0 radical (unpaired) electrons. The molecule has 2 aliphatic heterocycles. The normalized spacial score (nSPS) is 16.2. The van der Waals surface area contributed by atoms with Crippen molar-refractivity contribution >= 4 is 47.2 Å². The van der Waals surface area contributed by atoms with Crippen molar-refractivity contribution in [2.24, 2.45) is 0 Å². The van der Waals surface area contributed by atoms with Crippen LogP contribution in [0.4, 0.5) is 19.8 Å². The van der Waals surface area contributed by atoms with Crippen molar-refractivity contribution in [2.45, 2.75) is 45.9 Å². The van der Waals surface area contributed by atoms with E-state index >= 15 is 4.39 Å². The van der Waals surface area contributed by atoms with Crippen LogP contribution in [-0.2, 0) is 23.8 Å². The number of esters is 1. The lowest BCUT2D eigenvalue weighted by molar-refractivity contribution is -0.150. The van der Waals surface area contributed by atoms with E-state index in [0.717, 1.165) is 11.7 Å². The Morgan fingerprint density at radius 3 is 2.58 bits per heavy atom. The highest BCUT2D eigenvalue weighted by molar-refractivity contribution is 6.99. The number of halogens is 1. The van der Waals surface area contributed by atoms with E-state index in [9.17, 15) is 19.2 Å².